The summed E-state index contributed by atoms with van der Waals surface area (Å²) in [5, 5.41) is 0. The van der Waals surface area contributed by atoms with Gasteiger partial charge in [0.2, 0.25) is 0 Å². The molecule has 18 heavy (non-hydrogen) atoms. The van der Waals surface area contributed by atoms with E-state index in [0.717, 1.165) is 17.7 Å². The molecule has 0 fully saturated rings. The molecule has 0 aromatic heterocycles. The molecule has 0 aliphatic heterocycles. The van der Waals surface area contributed by atoms with Gasteiger partial charge in [-0.15, -0.1) is 0 Å². The van der Waals surface area contributed by atoms with Crippen molar-refractivity contribution >= 4 is 5.78 Å². The van der Waals surface area contributed by atoms with Gasteiger partial charge in [0.25, 0.3) is 0 Å². The minimum Gasteiger partial charge on any atom is -0.493 e. The van der Waals surface area contributed by atoms with Crippen LogP contribution in [0.1, 0.15) is 56.8 Å². The molecule has 0 spiro atoms. The molecule has 0 amide bonds. The van der Waals surface area contributed by atoms with Gasteiger partial charge in [-0.1, -0.05) is 45.7 Å². The van der Waals surface area contributed by atoms with E-state index in [2.05, 4.69) is 20.8 Å². The summed E-state index contributed by atoms with van der Waals surface area (Å²) in [6.07, 6.45) is 3.97. The van der Waals surface area contributed by atoms with E-state index in [9.17, 15) is 4.79 Å². The van der Waals surface area contributed by atoms with E-state index < -0.39 is 0 Å². The van der Waals surface area contributed by atoms with Gasteiger partial charge in [0.05, 0.1) is 12.2 Å². The molecule has 1 rings (SSSR count). The van der Waals surface area contributed by atoms with Crippen LogP contribution in [0.3, 0.4) is 0 Å². The summed E-state index contributed by atoms with van der Waals surface area (Å²) in [5.74, 6) is 1.29. The van der Waals surface area contributed by atoms with Crippen LogP contribution in [0.5, 0.6) is 5.75 Å². The maximum Gasteiger partial charge on any atom is 0.166 e. The number of hydrogen-bond donors (Lipinski definition) is 0. The van der Waals surface area contributed by atoms with Crippen molar-refractivity contribution in [1.29, 1.82) is 0 Å². The second-order valence-electron chi connectivity index (χ2n) is 5.07. The van der Waals surface area contributed by atoms with Gasteiger partial charge in [-0.2, -0.15) is 0 Å². The van der Waals surface area contributed by atoms with Crippen molar-refractivity contribution in [2.45, 2.75) is 46.5 Å². The lowest BCUT2D eigenvalue weighted by Gasteiger charge is -2.11. The highest BCUT2D eigenvalue weighted by atomic mass is 16.5. The zero-order valence-electron chi connectivity index (χ0n) is 11.7. The lowest BCUT2D eigenvalue weighted by atomic mass is 10.0. The van der Waals surface area contributed by atoms with Gasteiger partial charge in [0.1, 0.15) is 5.75 Å². The fraction of sp³-hybridized carbons (Fsp3) is 0.562. The summed E-state index contributed by atoms with van der Waals surface area (Å²) in [6.45, 7) is 6.98. The van der Waals surface area contributed by atoms with Crippen molar-refractivity contribution in [1.82, 2.24) is 0 Å². The minimum absolute atomic E-state index is 0.177. The molecule has 1 aromatic carbocycles. The van der Waals surface area contributed by atoms with E-state index in [1.807, 2.05) is 24.3 Å². The predicted octanol–water partition coefficient (Wildman–Crippen LogP) is 4.48. The van der Waals surface area contributed by atoms with E-state index in [4.69, 9.17) is 4.74 Å². The Labute approximate surface area is 110 Å². The first-order valence-corrected chi connectivity index (χ1v) is 6.90. The van der Waals surface area contributed by atoms with Crippen LogP contribution in [0.4, 0.5) is 0 Å². The smallest absolute Gasteiger partial charge is 0.166 e. The van der Waals surface area contributed by atoms with Crippen molar-refractivity contribution in [3.05, 3.63) is 29.8 Å². The largest absolute Gasteiger partial charge is 0.493 e. The highest BCUT2D eigenvalue weighted by Gasteiger charge is 2.13. The average Bonchev–Trinajstić information content (AvgIpc) is 2.34. The maximum atomic E-state index is 12.1. The van der Waals surface area contributed by atoms with Gasteiger partial charge in [-0.05, 0) is 24.5 Å². The highest BCUT2D eigenvalue weighted by molar-refractivity contribution is 5.98. The number of ketones is 1. The monoisotopic (exact) mass is 248 g/mol. The van der Waals surface area contributed by atoms with Crippen LogP contribution in [-0.2, 0) is 0 Å². The predicted molar refractivity (Wildman–Crippen MR) is 75.2 cm³/mol. The van der Waals surface area contributed by atoms with E-state index >= 15 is 0 Å². The van der Waals surface area contributed by atoms with Crippen LogP contribution < -0.4 is 4.74 Å². The Hall–Kier alpha value is -1.31. The molecule has 0 saturated heterocycles. The molecular weight excluding hydrogens is 224 g/mol. The zero-order chi connectivity index (χ0) is 13.4. The van der Waals surface area contributed by atoms with E-state index in [1.165, 1.54) is 12.8 Å². The normalized spacial score (nSPS) is 10.7. The molecule has 100 valence electrons. The average molecular weight is 248 g/mol. The first-order valence-electron chi connectivity index (χ1n) is 6.90. The molecule has 0 radical (unpaired) electrons. The summed E-state index contributed by atoms with van der Waals surface area (Å²) in [4.78, 5) is 12.1. The number of unbranched alkanes of at least 4 members (excludes halogenated alkanes) is 2. The standard InChI is InChI=1S/C16H24O2/c1-4-5-8-11-18-16-10-7-6-9-14(16)15(17)12-13(2)3/h6-7,9-10,13H,4-5,8,11-12H2,1-3H3. The van der Waals surface area contributed by atoms with Gasteiger partial charge in [0, 0.05) is 6.42 Å². The topological polar surface area (TPSA) is 26.3 Å². The van der Waals surface area contributed by atoms with Crippen molar-refractivity contribution < 1.29 is 9.53 Å². The van der Waals surface area contributed by atoms with Gasteiger partial charge in [0.15, 0.2) is 5.78 Å². The minimum atomic E-state index is 0.177. The molecule has 2 nitrogen and oxygen atoms in total. The summed E-state index contributed by atoms with van der Waals surface area (Å²) in [6, 6.07) is 7.56. The van der Waals surface area contributed by atoms with Gasteiger partial charge < -0.3 is 4.74 Å². The molecule has 0 aliphatic carbocycles. The van der Waals surface area contributed by atoms with Crippen molar-refractivity contribution in [2.75, 3.05) is 6.61 Å². The van der Waals surface area contributed by atoms with Gasteiger partial charge in [-0.25, -0.2) is 0 Å². The highest BCUT2D eigenvalue weighted by Crippen LogP contribution is 2.21. The zero-order valence-corrected chi connectivity index (χ0v) is 11.7. The molecule has 0 saturated carbocycles. The molecule has 0 unspecified atom stereocenters. The SMILES string of the molecule is CCCCCOc1ccccc1C(=O)CC(C)C. The van der Waals surface area contributed by atoms with E-state index in [0.29, 0.717) is 18.9 Å². The van der Waals surface area contributed by atoms with Crippen LogP contribution >= 0.6 is 0 Å². The third-order valence-electron chi connectivity index (χ3n) is 2.79. The van der Waals surface area contributed by atoms with Crippen LogP contribution in [0.2, 0.25) is 0 Å². The number of rotatable bonds is 8. The Kier molecular flexibility index (Phi) is 6.48. The van der Waals surface area contributed by atoms with E-state index in [1.54, 1.807) is 0 Å². The number of Topliss-reactive ketones (excluding diaryl/α,β-unsaturated/α-hetero) is 1. The Morgan fingerprint density at radius 2 is 1.94 bits per heavy atom. The van der Waals surface area contributed by atoms with Crippen molar-refractivity contribution in [3.63, 3.8) is 0 Å². The van der Waals surface area contributed by atoms with E-state index in [-0.39, 0.29) is 5.78 Å². The van der Waals surface area contributed by atoms with Crippen molar-refractivity contribution in [2.24, 2.45) is 5.92 Å². The molecule has 0 aliphatic rings. The fourth-order valence-corrected chi connectivity index (χ4v) is 1.84. The number of hydrogen-bond acceptors (Lipinski definition) is 2. The third-order valence-corrected chi connectivity index (χ3v) is 2.79. The summed E-state index contributed by atoms with van der Waals surface area (Å²) < 4.78 is 5.72. The fourth-order valence-electron chi connectivity index (χ4n) is 1.84. The molecule has 0 atom stereocenters. The molecule has 0 heterocycles. The first-order chi connectivity index (χ1) is 8.65. The van der Waals surface area contributed by atoms with Crippen molar-refractivity contribution in [3.8, 4) is 5.75 Å². The van der Waals surface area contributed by atoms with Crippen LogP contribution in [-0.4, -0.2) is 12.4 Å². The van der Waals surface area contributed by atoms with Crippen LogP contribution in [0.25, 0.3) is 0 Å². The second kappa shape index (κ2) is 7.91. The Bertz CT molecular complexity index is 369. The summed E-state index contributed by atoms with van der Waals surface area (Å²) >= 11 is 0. The van der Waals surface area contributed by atoms with Crippen LogP contribution in [0, 0.1) is 5.92 Å². The Morgan fingerprint density at radius 3 is 2.61 bits per heavy atom. The first kappa shape index (κ1) is 14.7. The Balaban J connectivity index is 2.64. The lowest BCUT2D eigenvalue weighted by Crippen LogP contribution is -2.07. The van der Waals surface area contributed by atoms with Gasteiger partial charge >= 0.3 is 0 Å². The quantitative estimate of drug-likeness (QED) is 0.500. The van der Waals surface area contributed by atoms with Crippen LogP contribution in [0.15, 0.2) is 24.3 Å². The van der Waals surface area contributed by atoms with Gasteiger partial charge in [-0.3, -0.25) is 4.79 Å². The summed E-state index contributed by atoms with van der Waals surface area (Å²) in [7, 11) is 0. The number of carbonyl (C=O) groups excluding carboxylic acids is 1. The molecule has 0 bridgehead atoms. The number of benzene rings is 1. The second-order valence-corrected chi connectivity index (χ2v) is 5.07. The Morgan fingerprint density at radius 1 is 1.22 bits per heavy atom. The molecular formula is C16H24O2. The third kappa shape index (κ3) is 4.91. The molecule has 1 aromatic rings. The number of para-hydroxylation sites is 1. The molecule has 2 heteroatoms. The maximum absolute atomic E-state index is 12.1. The summed E-state index contributed by atoms with van der Waals surface area (Å²) in [5.41, 5.74) is 0.725. The number of ether oxygens (including phenoxy) is 1. The molecule has 0 N–H and O–H groups in total. The lowest BCUT2D eigenvalue weighted by molar-refractivity contribution is 0.0963. The number of carbonyl (C=O) groups is 1.